The number of rotatable bonds is 3. The Morgan fingerprint density at radius 3 is 2.96 bits per heavy atom. The van der Waals surface area contributed by atoms with E-state index in [9.17, 15) is 4.79 Å². The van der Waals surface area contributed by atoms with Gasteiger partial charge in [-0.3, -0.25) is 0 Å². The molecule has 1 amide bonds. The van der Waals surface area contributed by atoms with Gasteiger partial charge in [-0.1, -0.05) is 11.3 Å². The second-order valence-corrected chi connectivity index (χ2v) is 8.56. The number of aromatic nitrogens is 1. The summed E-state index contributed by atoms with van der Waals surface area (Å²) in [6.45, 7) is 6.78. The van der Waals surface area contributed by atoms with Crippen LogP contribution in [0.25, 0.3) is 10.2 Å². The van der Waals surface area contributed by atoms with Crippen LogP contribution in [0.4, 0.5) is 9.93 Å². The first-order chi connectivity index (χ1) is 12.9. The second kappa shape index (κ2) is 7.05. The van der Waals surface area contributed by atoms with E-state index in [2.05, 4.69) is 15.6 Å². The monoisotopic (exact) mass is 393 g/mol. The molecule has 2 atom stereocenters. The number of nitrogens with one attached hydrogen (secondary N) is 2. The zero-order valence-electron chi connectivity index (χ0n) is 15.5. The highest BCUT2D eigenvalue weighted by atomic mass is 32.1. The lowest BCUT2D eigenvalue weighted by Crippen LogP contribution is -2.53. The molecule has 0 saturated carbocycles. The molecule has 4 rings (SSSR count). The fourth-order valence-electron chi connectivity index (χ4n) is 3.09. The summed E-state index contributed by atoms with van der Waals surface area (Å²) < 4.78 is 22.9. The fraction of sp³-hybridized carbons (Fsp3) is 0.556. The Morgan fingerprint density at radius 2 is 2.15 bits per heavy atom. The van der Waals surface area contributed by atoms with Gasteiger partial charge in [-0.25, -0.2) is 9.78 Å². The van der Waals surface area contributed by atoms with Gasteiger partial charge in [0.15, 0.2) is 16.6 Å². The maximum absolute atomic E-state index is 12.1. The molecule has 27 heavy (non-hydrogen) atoms. The van der Waals surface area contributed by atoms with E-state index in [1.54, 1.807) is 11.3 Å². The summed E-state index contributed by atoms with van der Waals surface area (Å²) in [5, 5.41) is 7.12. The molecule has 2 N–H and O–H groups in total. The van der Waals surface area contributed by atoms with Gasteiger partial charge in [-0.05, 0) is 39.3 Å². The number of ether oxygens (including phenoxy) is 4. The summed E-state index contributed by atoms with van der Waals surface area (Å²) in [7, 11) is 0. The molecule has 0 bridgehead atoms. The quantitative estimate of drug-likeness (QED) is 0.828. The van der Waals surface area contributed by atoms with Crippen LogP contribution in [-0.4, -0.2) is 48.8 Å². The Balaban J connectivity index is 1.48. The smallest absolute Gasteiger partial charge is 0.408 e. The minimum absolute atomic E-state index is 0.00273. The zero-order chi connectivity index (χ0) is 19.0. The predicted octanol–water partition coefficient (Wildman–Crippen LogP) is 3.12. The van der Waals surface area contributed by atoms with Crippen LogP contribution in [0.5, 0.6) is 11.5 Å². The molecule has 0 unspecified atom stereocenters. The van der Waals surface area contributed by atoms with Gasteiger partial charge in [0.2, 0.25) is 6.79 Å². The van der Waals surface area contributed by atoms with E-state index in [-0.39, 0.29) is 18.9 Å². The third-order valence-corrected chi connectivity index (χ3v) is 5.22. The maximum atomic E-state index is 12.1. The molecule has 0 radical (unpaired) electrons. The first-order valence-electron chi connectivity index (χ1n) is 8.92. The van der Waals surface area contributed by atoms with Gasteiger partial charge in [-0.15, -0.1) is 0 Å². The van der Waals surface area contributed by atoms with Gasteiger partial charge in [0, 0.05) is 6.61 Å². The number of nitrogens with zero attached hydrogens (tertiary/aromatic N) is 1. The number of carbonyl (C=O) groups excluding carboxylic acids is 1. The van der Waals surface area contributed by atoms with Gasteiger partial charge in [0.25, 0.3) is 0 Å². The van der Waals surface area contributed by atoms with E-state index in [0.717, 1.165) is 27.5 Å². The third kappa shape index (κ3) is 4.03. The molecule has 0 spiro atoms. The molecule has 2 aromatic rings. The van der Waals surface area contributed by atoms with Gasteiger partial charge in [0.1, 0.15) is 11.1 Å². The van der Waals surface area contributed by atoms with Crippen molar-refractivity contribution in [2.75, 3.05) is 25.3 Å². The number of hydrogen-bond donors (Lipinski definition) is 2. The van der Waals surface area contributed by atoms with Crippen molar-refractivity contribution in [3.8, 4) is 11.5 Å². The van der Waals surface area contributed by atoms with Gasteiger partial charge >= 0.3 is 6.09 Å². The Hall–Kier alpha value is -2.26. The van der Waals surface area contributed by atoms with Crippen molar-refractivity contribution < 1.29 is 23.7 Å². The average molecular weight is 393 g/mol. The van der Waals surface area contributed by atoms with Crippen LogP contribution in [0.1, 0.15) is 27.2 Å². The summed E-state index contributed by atoms with van der Waals surface area (Å²) in [6, 6.07) is 3.67. The maximum Gasteiger partial charge on any atom is 0.408 e. The van der Waals surface area contributed by atoms with E-state index in [4.69, 9.17) is 18.9 Å². The van der Waals surface area contributed by atoms with Crippen molar-refractivity contribution in [2.24, 2.45) is 0 Å². The molecule has 1 saturated heterocycles. The summed E-state index contributed by atoms with van der Waals surface area (Å²) in [5.41, 5.74) is 0.249. The van der Waals surface area contributed by atoms with Crippen molar-refractivity contribution in [3.63, 3.8) is 0 Å². The largest absolute Gasteiger partial charge is 0.454 e. The lowest BCUT2D eigenvalue weighted by Gasteiger charge is -2.33. The Morgan fingerprint density at radius 1 is 1.30 bits per heavy atom. The average Bonchev–Trinajstić information content (AvgIpc) is 3.20. The zero-order valence-corrected chi connectivity index (χ0v) is 16.4. The van der Waals surface area contributed by atoms with Crippen LogP contribution in [0.3, 0.4) is 0 Å². The Kier molecular flexibility index (Phi) is 4.73. The van der Waals surface area contributed by atoms with Crippen LogP contribution < -0.4 is 20.1 Å². The molecule has 146 valence electrons. The topological polar surface area (TPSA) is 90.9 Å². The highest BCUT2D eigenvalue weighted by Gasteiger charge is 2.30. The molecule has 8 nitrogen and oxygen atoms in total. The fourth-order valence-corrected chi connectivity index (χ4v) is 4.02. The lowest BCUT2D eigenvalue weighted by molar-refractivity contribution is 0.0318. The number of alkyl carbamates (subject to hydrolysis) is 1. The van der Waals surface area contributed by atoms with Gasteiger partial charge in [0.05, 0.1) is 23.4 Å². The summed E-state index contributed by atoms with van der Waals surface area (Å²) in [5.74, 6) is 1.40. The van der Waals surface area contributed by atoms with E-state index in [0.29, 0.717) is 19.0 Å². The molecule has 1 aromatic carbocycles. The first-order valence-corrected chi connectivity index (χ1v) is 9.74. The van der Waals surface area contributed by atoms with E-state index in [1.807, 2.05) is 32.9 Å². The van der Waals surface area contributed by atoms with Crippen LogP contribution in [0, 0.1) is 0 Å². The minimum Gasteiger partial charge on any atom is -0.454 e. The van der Waals surface area contributed by atoms with Crippen molar-refractivity contribution in [3.05, 3.63) is 12.1 Å². The van der Waals surface area contributed by atoms with Crippen molar-refractivity contribution in [2.45, 2.75) is 44.9 Å². The SMILES string of the molecule is CC(C)(C)OC(=O)N[C@H]1COCC[C@H]1Nc1nc2c3c(ccc2s1)OCO3. The van der Waals surface area contributed by atoms with Crippen LogP contribution in [0.15, 0.2) is 12.1 Å². The predicted molar refractivity (Wildman–Crippen MR) is 102 cm³/mol. The number of thiazole rings is 1. The number of fused-ring (bicyclic) bond motifs is 3. The third-order valence-electron chi connectivity index (χ3n) is 4.26. The molecule has 9 heteroatoms. The van der Waals surface area contributed by atoms with Crippen molar-refractivity contribution in [1.82, 2.24) is 10.3 Å². The van der Waals surface area contributed by atoms with E-state index >= 15 is 0 Å². The summed E-state index contributed by atoms with van der Waals surface area (Å²) >= 11 is 1.55. The molecule has 0 aliphatic carbocycles. The van der Waals surface area contributed by atoms with Gasteiger partial charge < -0.3 is 29.6 Å². The van der Waals surface area contributed by atoms with Crippen LogP contribution >= 0.6 is 11.3 Å². The molecule has 2 aliphatic rings. The number of amides is 1. The summed E-state index contributed by atoms with van der Waals surface area (Å²) in [6.07, 6.45) is 0.311. The van der Waals surface area contributed by atoms with E-state index in [1.165, 1.54) is 0 Å². The van der Waals surface area contributed by atoms with Crippen molar-refractivity contribution in [1.29, 1.82) is 0 Å². The van der Waals surface area contributed by atoms with E-state index < -0.39 is 11.7 Å². The van der Waals surface area contributed by atoms with Crippen LogP contribution in [0.2, 0.25) is 0 Å². The lowest BCUT2D eigenvalue weighted by atomic mass is 10.0. The normalized spacial score (nSPS) is 21.9. The van der Waals surface area contributed by atoms with Crippen molar-refractivity contribution >= 4 is 32.8 Å². The highest BCUT2D eigenvalue weighted by Crippen LogP contribution is 2.41. The molecular weight excluding hydrogens is 370 g/mol. The van der Waals surface area contributed by atoms with Gasteiger partial charge in [-0.2, -0.15) is 0 Å². The highest BCUT2D eigenvalue weighted by molar-refractivity contribution is 7.22. The standard InChI is InChI=1S/C18H23N3O5S/c1-18(2,3)26-17(22)20-11-8-23-7-6-10(11)19-16-21-14-13(27-16)5-4-12-15(14)25-9-24-12/h4-5,10-11H,6-9H2,1-3H3,(H,19,21)(H,20,22)/t10-,11+/m1/s1. The number of hydrogen-bond acceptors (Lipinski definition) is 8. The molecule has 1 aromatic heterocycles. The number of anilines is 1. The summed E-state index contributed by atoms with van der Waals surface area (Å²) in [4.78, 5) is 16.8. The second-order valence-electron chi connectivity index (χ2n) is 7.53. The Bertz CT molecular complexity index is 847. The molecule has 2 aliphatic heterocycles. The van der Waals surface area contributed by atoms with Crippen LogP contribution in [-0.2, 0) is 9.47 Å². The molecular formula is C18H23N3O5S. The molecule has 3 heterocycles. The first kappa shape index (κ1) is 18.1. The minimum atomic E-state index is -0.544. The number of benzene rings is 1. The molecule has 1 fully saturated rings. The number of carbonyl (C=O) groups is 1. The Labute approximate surface area is 161 Å².